The third kappa shape index (κ3) is 3.28. The Balaban J connectivity index is 2.31. The van der Waals surface area contributed by atoms with Crippen molar-refractivity contribution in [2.45, 2.75) is 0 Å². The molecule has 0 fully saturated rings. The van der Waals surface area contributed by atoms with Gasteiger partial charge in [0.05, 0.1) is 17.3 Å². The van der Waals surface area contributed by atoms with Crippen molar-refractivity contribution in [3.05, 3.63) is 57.5 Å². The average Bonchev–Trinajstić information content (AvgIpc) is 2.39. The summed E-state index contributed by atoms with van der Waals surface area (Å²) < 4.78 is 5.93. The number of hydrogen-bond acceptors (Lipinski definition) is 2. The van der Waals surface area contributed by atoms with E-state index in [9.17, 15) is 4.79 Å². The molecule has 0 saturated carbocycles. The summed E-state index contributed by atoms with van der Waals surface area (Å²) in [6, 6.07) is 12.3. The molecule has 0 radical (unpaired) electrons. The monoisotopic (exact) mass is 339 g/mol. The Morgan fingerprint density at radius 1 is 1.26 bits per heavy atom. The van der Waals surface area contributed by atoms with Gasteiger partial charge in [0.2, 0.25) is 0 Å². The summed E-state index contributed by atoms with van der Waals surface area (Å²) in [7, 11) is 1.53. The predicted molar refractivity (Wildman–Crippen MR) is 80.1 cm³/mol. The van der Waals surface area contributed by atoms with Crippen LogP contribution in [-0.2, 0) is 0 Å². The Bertz CT molecular complexity index is 602. The molecule has 1 N–H and O–H groups in total. The van der Waals surface area contributed by atoms with Crippen molar-refractivity contribution in [1.82, 2.24) is 0 Å². The highest BCUT2D eigenvalue weighted by Gasteiger charge is 2.13. The van der Waals surface area contributed by atoms with Gasteiger partial charge in [0, 0.05) is 10.6 Å². The number of methoxy groups -OCH3 is 1. The van der Waals surface area contributed by atoms with Crippen molar-refractivity contribution in [2.24, 2.45) is 0 Å². The van der Waals surface area contributed by atoms with Crippen LogP contribution in [0.4, 0.5) is 5.69 Å². The molecular formula is C14H11BrClNO2. The zero-order valence-corrected chi connectivity index (χ0v) is 12.5. The van der Waals surface area contributed by atoms with E-state index in [0.29, 0.717) is 26.5 Å². The third-order valence-electron chi connectivity index (χ3n) is 2.50. The molecule has 3 nitrogen and oxygen atoms in total. The molecule has 0 saturated heterocycles. The molecular weight excluding hydrogens is 330 g/mol. The predicted octanol–water partition coefficient (Wildman–Crippen LogP) is 4.36. The second-order valence-corrected chi connectivity index (χ2v) is 5.08. The Morgan fingerprint density at radius 3 is 2.58 bits per heavy atom. The summed E-state index contributed by atoms with van der Waals surface area (Å²) in [4.78, 5) is 12.1. The van der Waals surface area contributed by atoms with Crippen molar-refractivity contribution in [3.63, 3.8) is 0 Å². The van der Waals surface area contributed by atoms with Crippen LogP contribution in [0.5, 0.6) is 5.75 Å². The highest BCUT2D eigenvalue weighted by molar-refractivity contribution is 9.10. The van der Waals surface area contributed by atoms with Crippen molar-refractivity contribution < 1.29 is 9.53 Å². The lowest BCUT2D eigenvalue weighted by atomic mass is 10.2. The topological polar surface area (TPSA) is 38.3 Å². The molecule has 2 aromatic rings. The molecule has 0 unspecified atom stereocenters. The molecule has 0 aliphatic rings. The van der Waals surface area contributed by atoms with E-state index < -0.39 is 0 Å². The normalized spacial score (nSPS) is 10.1. The second kappa shape index (κ2) is 6.08. The minimum atomic E-state index is -0.215. The van der Waals surface area contributed by atoms with Gasteiger partial charge in [-0.25, -0.2) is 0 Å². The highest BCUT2D eigenvalue weighted by Crippen LogP contribution is 2.36. The first kappa shape index (κ1) is 13.9. The molecule has 98 valence electrons. The van der Waals surface area contributed by atoms with Crippen molar-refractivity contribution in [2.75, 3.05) is 12.4 Å². The van der Waals surface area contributed by atoms with Gasteiger partial charge in [0.15, 0.2) is 5.75 Å². The molecule has 0 spiro atoms. The largest absolute Gasteiger partial charge is 0.493 e. The van der Waals surface area contributed by atoms with Gasteiger partial charge >= 0.3 is 0 Å². The quantitative estimate of drug-likeness (QED) is 0.901. The zero-order valence-electron chi connectivity index (χ0n) is 10.1. The number of anilines is 1. The summed E-state index contributed by atoms with van der Waals surface area (Å²) in [6.07, 6.45) is 0. The zero-order chi connectivity index (χ0) is 13.8. The summed E-state index contributed by atoms with van der Waals surface area (Å²) in [6.45, 7) is 0. The van der Waals surface area contributed by atoms with Crippen molar-refractivity contribution in [3.8, 4) is 5.75 Å². The van der Waals surface area contributed by atoms with E-state index in [-0.39, 0.29) is 5.91 Å². The smallest absolute Gasteiger partial charge is 0.255 e. The first-order chi connectivity index (χ1) is 9.11. The van der Waals surface area contributed by atoms with E-state index in [1.165, 1.54) is 7.11 Å². The molecule has 0 heterocycles. The Labute approximate surface area is 124 Å². The molecule has 0 aromatic heterocycles. The van der Waals surface area contributed by atoms with E-state index in [0.717, 1.165) is 0 Å². The molecule has 0 aliphatic heterocycles. The molecule has 19 heavy (non-hydrogen) atoms. The fraction of sp³-hybridized carbons (Fsp3) is 0.0714. The maximum absolute atomic E-state index is 12.1. The summed E-state index contributed by atoms with van der Waals surface area (Å²) in [5.41, 5.74) is 1.09. The summed E-state index contributed by atoms with van der Waals surface area (Å²) >= 11 is 9.32. The van der Waals surface area contributed by atoms with Crippen LogP contribution in [0.3, 0.4) is 0 Å². The fourth-order valence-electron chi connectivity index (χ4n) is 1.64. The molecule has 0 aliphatic carbocycles. The van der Waals surface area contributed by atoms with Crippen LogP contribution >= 0.6 is 27.5 Å². The number of halogens is 2. The van der Waals surface area contributed by atoms with Gasteiger partial charge in [-0.05, 0) is 40.2 Å². The number of amides is 1. The van der Waals surface area contributed by atoms with E-state index in [4.69, 9.17) is 16.3 Å². The molecule has 1 amide bonds. The lowest BCUT2D eigenvalue weighted by Gasteiger charge is -2.12. The maximum Gasteiger partial charge on any atom is 0.255 e. The van der Waals surface area contributed by atoms with Gasteiger partial charge in [0.25, 0.3) is 5.91 Å². The molecule has 5 heteroatoms. The summed E-state index contributed by atoms with van der Waals surface area (Å²) in [5.74, 6) is 0.321. The second-order valence-electron chi connectivity index (χ2n) is 3.79. The van der Waals surface area contributed by atoms with E-state index in [1.807, 2.05) is 6.07 Å². The number of nitrogens with one attached hydrogen (secondary N) is 1. The Kier molecular flexibility index (Phi) is 4.45. The number of ether oxygens (including phenoxy) is 1. The maximum atomic E-state index is 12.1. The average molecular weight is 341 g/mol. The molecule has 0 bridgehead atoms. The minimum absolute atomic E-state index is 0.215. The Hall–Kier alpha value is -1.52. The van der Waals surface area contributed by atoms with Gasteiger partial charge < -0.3 is 10.1 Å². The SMILES string of the molecule is COc1c(Br)cc(Cl)cc1NC(=O)c1ccccc1. The van der Waals surface area contributed by atoms with Crippen molar-refractivity contribution in [1.29, 1.82) is 0 Å². The number of carbonyl (C=O) groups is 1. The fourth-order valence-corrected chi connectivity index (χ4v) is 2.62. The number of benzene rings is 2. The lowest BCUT2D eigenvalue weighted by Crippen LogP contribution is -2.12. The van der Waals surface area contributed by atoms with Gasteiger partial charge in [-0.15, -0.1) is 0 Å². The lowest BCUT2D eigenvalue weighted by molar-refractivity contribution is 0.102. The van der Waals surface area contributed by atoms with Gasteiger partial charge in [-0.3, -0.25) is 4.79 Å². The van der Waals surface area contributed by atoms with Crippen LogP contribution in [0.2, 0.25) is 5.02 Å². The Morgan fingerprint density at radius 2 is 1.95 bits per heavy atom. The number of rotatable bonds is 3. The van der Waals surface area contributed by atoms with Crippen LogP contribution < -0.4 is 10.1 Å². The first-order valence-electron chi connectivity index (χ1n) is 5.51. The molecule has 2 aromatic carbocycles. The van der Waals surface area contributed by atoms with E-state index in [1.54, 1.807) is 36.4 Å². The highest BCUT2D eigenvalue weighted by atomic mass is 79.9. The van der Waals surface area contributed by atoms with Crippen LogP contribution in [-0.4, -0.2) is 13.0 Å². The standard InChI is InChI=1S/C14H11BrClNO2/c1-19-13-11(15)7-10(16)8-12(13)17-14(18)9-5-3-2-4-6-9/h2-8H,1H3,(H,17,18). The van der Waals surface area contributed by atoms with Gasteiger partial charge in [-0.1, -0.05) is 29.8 Å². The third-order valence-corrected chi connectivity index (χ3v) is 3.30. The van der Waals surface area contributed by atoms with Crippen LogP contribution in [0.15, 0.2) is 46.9 Å². The van der Waals surface area contributed by atoms with E-state index >= 15 is 0 Å². The van der Waals surface area contributed by atoms with Crippen molar-refractivity contribution >= 4 is 39.1 Å². The van der Waals surface area contributed by atoms with Crippen LogP contribution in [0.1, 0.15) is 10.4 Å². The number of carbonyl (C=O) groups excluding carboxylic acids is 1. The summed E-state index contributed by atoms with van der Waals surface area (Å²) in [5, 5.41) is 3.29. The van der Waals surface area contributed by atoms with Gasteiger partial charge in [-0.2, -0.15) is 0 Å². The minimum Gasteiger partial charge on any atom is -0.493 e. The van der Waals surface area contributed by atoms with Crippen LogP contribution in [0, 0.1) is 0 Å². The molecule has 2 rings (SSSR count). The molecule has 0 atom stereocenters. The van der Waals surface area contributed by atoms with Crippen LogP contribution in [0.25, 0.3) is 0 Å². The van der Waals surface area contributed by atoms with Gasteiger partial charge in [0.1, 0.15) is 0 Å². The van der Waals surface area contributed by atoms with E-state index in [2.05, 4.69) is 21.2 Å². The number of hydrogen-bond donors (Lipinski definition) is 1. The first-order valence-corrected chi connectivity index (χ1v) is 6.68.